The van der Waals surface area contributed by atoms with Gasteiger partial charge in [-0.15, -0.1) is 0 Å². The molecule has 6 heteroatoms. The lowest BCUT2D eigenvalue weighted by Crippen LogP contribution is -2.61. The van der Waals surface area contributed by atoms with Gasteiger partial charge in [-0.05, 0) is 174 Å². The zero-order valence-corrected chi connectivity index (χ0v) is 62.6. The second-order valence-corrected chi connectivity index (χ2v) is 31.3. The molecule has 0 bridgehead atoms. The van der Waals surface area contributed by atoms with Gasteiger partial charge in [-0.1, -0.05) is 322 Å². The number of benzene rings is 18. The molecule has 0 N–H and O–H groups in total. The van der Waals surface area contributed by atoms with E-state index in [-0.39, 0.29) is 6.71 Å². The molecule has 5 heterocycles. The van der Waals surface area contributed by atoms with Crippen LogP contribution < -0.4 is 26.2 Å². The van der Waals surface area contributed by atoms with E-state index in [2.05, 4.69) is 436 Å². The Morgan fingerprint density at radius 2 is 0.496 bits per heavy atom. The van der Waals surface area contributed by atoms with Crippen molar-refractivity contribution in [1.29, 1.82) is 0 Å². The summed E-state index contributed by atoms with van der Waals surface area (Å²) in [5.74, 6) is 0. The van der Waals surface area contributed by atoms with Crippen LogP contribution in [0, 0.1) is 0 Å². The molecule has 18 aromatic carbocycles. The van der Waals surface area contributed by atoms with E-state index in [1.165, 1.54) is 93.2 Å². The first-order chi connectivity index (χ1) is 57.1. The molecule has 3 aromatic heterocycles. The van der Waals surface area contributed by atoms with Crippen molar-refractivity contribution in [3.05, 3.63) is 435 Å². The van der Waals surface area contributed by atoms with E-state index in [0.717, 1.165) is 129 Å². The summed E-state index contributed by atoms with van der Waals surface area (Å²) in [7, 11) is 0. The minimum Gasteiger partial charge on any atom is -0.310 e. The molecular weight excluding hydrogens is 1390 g/mol. The lowest BCUT2D eigenvalue weighted by atomic mass is 9.33. The van der Waals surface area contributed by atoms with Gasteiger partial charge in [0.25, 0.3) is 6.71 Å². The lowest BCUT2D eigenvalue weighted by Gasteiger charge is -2.46. The Bertz CT molecular complexity index is 7170. The average Bonchev–Trinajstić information content (AvgIpc) is 1.59. The van der Waals surface area contributed by atoms with Gasteiger partial charge in [0.2, 0.25) is 0 Å². The molecule has 115 heavy (non-hydrogen) atoms. The van der Waals surface area contributed by atoms with Crippen LogP contribution >= 0.6 is 0 Å². The van der Waals surface area contributed by atoms with Crippen LogP contribution in [0.15, 0.2) is 413 Å². The van der Waals surface area contributed by atoms with Crippen LogP contribution in [0.4, 0.5) is 34.1 Å². The van der Waals surface area contributed by atoms with E-state index < -0.39 is 5.41 Å². The zero-order valence-electron chi connectivity index (χ0n) is 62.6. The Morgan fingerprint density at radius 3 is 0.887 bits per heavy atom. The highest BCUT2D eigenvalue weighted by atomic mass is 15.2. The highest BCUT2D eigenvalue weighted by Crippen LogP contribution is 2.64. The van der Waals surface area contributed by atoms with Gasteiger partial charge >= 0.3 is 0 Å². The Kier molecular flexibility index (Phi) is 13.6. The molecule has 4 aliphatic rings. The number of nitrogens with zero attached hydrogens (tertiary/aromatic N) is 5. The Labute approximate surface area is 665 Å². The third kappa shape index (κ3) is 8.93. The van der Waals surface area contributed by atoms with Crippen LogP contribution in [0.2, 0.25) is 0 Å². The van der Waals surface area contributed by atoms with Crippen molar-refractivity contribution in [3.8, 4) is 83.8 Å². The van der Waals surface area contributed by atoms with Crippen LogP contribution in [-0.4, -0.2) is 20.4 Å². The smallest absolute Gasteiger partial charge is 0.252 e. The van der Waals surface area contributed by atoms with Crippen LogP contribution in [0.1, 0.15) is 22.3 Å². The molecule has 1 spiro atoms. The third-order valence-electron chi connectivity index (χ3n) is 25.6. The number of rotatable bonds is 9. The quantitative estimate of drug-likeness (QED) is 0.134. The van der Waals surface area contributed by atoms with E-state index in [0.29, 0.717) is 0 Å². The maximum absolute atomic E-state index is 2.74. The van der Waals surface area contributed by atoms with Gasteiger partial charge in [0.1, 0.15) is 0 Å². The molecule has 21 aromatic rings. The lowest BCUT2D eigenvalue weighted by molar-refractivity contribution is 0.794. The van der Waals surface area contributed by atoms with E-state index in [9.17, 15) is 0 Å². The number of hydrogen-bond acceptors (Lipinski definition) is 2. The normalized spacial score (nSPS) is 13.2. The van der Waals surface area contributed by atoms with Crippen molar-refractivity contribution < 1.29 is 0 Å². The predicted molar refractivity (Wildman–Crippen MR) is 482 cm³/mol. The average molecular weight is 1460 g/mol. The molecule has 2 aliphatic heterocycles. The van der Waals surface area contributed by atoms with E-state index in [1.807, 2.05) is 0 Å². The minimum absolute atomic E-state index is 0.370. The number of para-hydroxylation sites is 7. The topological polar surface area (TPSA) is 21.3 Å². The van der Waals surface area contributed by atoms with Gasteiger partial charge in [0, 0.05) is 88.7 Å². The van der Waals surface area contributed by atoms with E-state index in [1.54, 1.807) is 0 Å². The molecule has 0 atom stereocenters. The summed E-state index contributed by atoms with van der Waals surface area (Å²) in [4.78, 5) is 5.47. The van der Waals surface area contributed by atoms with Crippen LogP contribution in [0.25, 0.3) is 149 Å². The molecule has 0 unspecified atom stereocenters. The minimum atomic E-state index is -0.599. The summed E-state index contributed by atoms with van der Waals surface area (Å²) in [6, 6.07) is 156. The summed E-state index contributed by atoms with van der Waals surface area (Å²) in [5, 5.41) is 7.10. The van der Waals surface area contributed by atoms with Crippen molar-refractivity contribution in [1.82, 2.24) is 13.7 Å². The SMILES string of the molecule is c1ccc(-c2cccc(-c3ccccc3)c2N2c3cc4c5ccccc5n(-c5ccccc5)c4cc3B3c4cc5c(cc4N(c4c(-c6ccccc6)cccc4-c4ccccc4)c4cc(-n6c7ccccc7c7cc8c(cc76)C6(c7ccccc7-c7ccccc76)c6ccccc6-8)cc2c43)c2ccccc2n5-c2ccccc2)cc1. The van der Waals surface area contributed by atoms with Gasteiger partial charge in [-0.3, -0.25) is 0 Å². The van der Waals surface area contributed by atoms with Gasteiger partial charge < -0.3 is 23.5 Å². The molecule has 532 valence electrons. The summed E-state index contributed by atoms with van der Waals surface area (Å²) in [6.45, 7) is -0.370. The first-order valence-corrected chi connectivity index (χ1v) is 40.0. The molecule has 0 saturated carbocycles. The van der Waals surface area contributed by atoms with Crippen molar-refractivity contribution in [2.45, 2.75) is 5.41 Å². The maximum Gasteiger partial charge on any atom is 0.252 e. The summed E-state index contributed by atoms with van der Waals surface area (Å²) >= 11 is 0. The summed E-state index contributed by atoms with van der Waals surface area (Å²) in [5.41, 5.74) is 39.0. The van der Waals surface area contributed by atoms with Crippen LogP contribution in [0.5, 0.6) is 0 Å². The fourth-order valence-corrected chi connectivity index (χ4v) is 21.0. The first kappa shape index (κ1) is 63.8. The van der Waals surface area contributed by atoms with Gasteiger partial charge in [-0.2, -0.15) is 0 Å². The zero-order chi connectivity index (χ0) is 75.1. The van der Waals surface area contributed by atoms with Gasteiger partial charge in [-0.25, -0.2) is 0 Å². The number of aromatic nitrogens is 3. The maximum atomic E-state index is 2.74. The highest BCUT2D eigenvalue weighted by molar-refractivity contribution is 7.00. The fraction of sp³-hybridized carbons (Fsp3) is 0.00917. The Balaban J connectivity index is 0.900. The molecule has 0 radical (unpaired) electrons. The molecule has 0 fully saturated rings. The molecule has 5 nitrogen and oxygen atoms in total. The third-order valence-corrected chi connectivity index (χ3v) is 25.6. The van der Waals surface area contributed by atoms with Crippen LogP contribution in [0.3, 0.4) is 0 Å². The number of anilines is 6. The fourth-order valence-electron chi connectivity index (χ4n) is 21.0. The Hall–Kier alpha value is -15.0. The summed E-state index contributed by atoms with van der Waals surface area (Å²) < 4.78 is 7.68. The van der Waals surface area contributed by atoms with Crippen molar-refractivity contribution in [3.63, 3.8) is 0 Å². The Morgan fingerprint density at radius 1 is 0.191 bits per heavy atom. The predicted octanol–water partition coefficient (Wildman–Crippen LogP) is 26.1. The molecule has 25 rings (SSSR count). The highest BCUT2D eigenvalue weighted by Gasteiger charge is 2.53. The van der Waals surface area contributed by atoms with Crippen molar-refractivity contribution >= 4 is 123 Å². The number of hydrogen-bond donors (Lipinski definition) is 0. The molecule has 0 amide bonds. The largest absolute Gasteiger partial charge is 0.310 e. The molecule has 0 saturated heterocycles. The molecular formula is C109H68BN5. The van der Waals surface area contributed by atoms with E-state index in [4.69, 9.17) is 0 Å². The first-order valence-electron chi connectivity index (χ1n) is 40.0. The van der Waals surface area contributed by atoms with Gasteiger partial charge in [0.05, 0.1) is 55.6 Å². The second kappa shape index (κ2) is 24.5. The van der Waals surface area contributed by atoms with Crippen molar-refractivity contribution in [2.24, 2.45) is 0 Å². The number of fused-ring (bicyclic) bond motifs is 23. The van der Waals surface area contributed by atoms with Gasteiger partial charge in [0.15, 0.2) is 0 Å². The standard InChI is InChI=1S/C109H68BN5/c1-7-33-69(34-8-1)76-51-31-52-77(70-35-9-2-10-36-70)107(76)114-102-64-88-84-49-23-28-58-96(84)111(73-41-15-5-16-42-73)100(88)67-94(102)110-95-68-101-89(85-50-24-29-59-97(85)112(101)74-43-17-6-18-44-74)65-103(95)115(108-78(71-37-11-3-12-38-71)53-32-54-79(108)72-39-13-4-14-40-72)105-62-75(61-104(114)106(105)110)113-98-60-30-22-48-83(98)87-63-86-82-47-21-27-57-92(82)109(93(86)66-99(87)113)90-55-25-19-45-80(90)81-46-20-26-56-91(81)109/h1-68H. The van der Waals surface area contributed by atoms with Crippen molar-refractivity contribution in [2.75, 3.05) is 9.80 Å². The molecule has 2 aliphatic carbocycles. The van der Waals surface area contributed by atoms with Crippen LogP contribution in [-0.2, 0) is 5.41 Å². The second-order valence-electron chi connectivity index (χ2n) is 31.3. The summed E-state index contributed by atoms with van der Waals surface area (Å²) in [6.07, 6.45) is 0. The monoisotopic (exact) mass is 1460 g/mol. The van der Waals surface area contributed by atoms with E-state index >= 15 is 0 Å².